The Labute approximate surface area is 125 Å². The van der Waals surface area contributed by atoms with Gasteiger partial charge in [0.2, 0.25) is 10.0 Å². The van der Waals surface area contributed by atoms with Crippen molar-refractivity contribution in [2.24, 2.45) is 0 Å². The number of hydrogen-bond donors (Lipinski definition) is 0. The molecule has 1 fully saturated rings. The quantitative estimate of drug-likeness (QED) is 0.875. The highest BCUT2D eigenvalue weighted by atomic mass is 32.2. The molecule has 2 heterocycles. The molecule has 1 unspecified atom stereocenters. The zero-order valence-electron chi connectivity index (χ0n) is 12.2. The van der Waals surface area contributed by atoms with E-state index in [0.29, 0.717) is 18.0 Å². The van der Waals surface area contributed by atoms with E-state index in [1.54, 1.807) is 16.6 Å². The first-order valence-electron chi connectivity index (χ1n) is 7.09. The molecule has 0 bridgehead atoms. The van der Waals surface area contributed by atoms with Gasteiger partial charge in [0.15, 0.2) is 0 Å². The number of nitrogens with zero attached hydrogens (tertiary/aromatic N) is 1. The molecule has 1 aromatic heterocycles. The molecule has 0 spiro atoms. The SMILES string of the molecule is Cc1ccc(S(=O)(=O)N2CCC(c3ccco3)C2)c(C)c1. The number of rotatable bonds is 3. The fourth-order valence-electron chi connectivity index (χ4n) is 2.93. The Morgan fingerprint density at radius 1 is 1.24 bits per heavy atom. The van der Waals surface area contributed by atoms with Crippen LogP contribution in [0.5, 0.6) is 0 Å². The summed E-state index contributed by atoms with van der Waals surface area (Å²) in [6.07, 6.45) is 2.44. The van der Waals surface area contributed by atoms with Crippen molar-refractivity contribution in [2.75, 3.05) is 13.1 Å². The molecule has 0 amide bonds. The van der Waals surface area contributed by atoms with Gasteiger partial charge in [-0.2, -0.15) is 4.31 Å². The maximum Gasteiger partial charge on any atom is 0.243 e. The molecule has 1 aliphatic heterocycles. The summed E-state index contributed by atoms with van der Waals surface area (Å²) in [5.41, 5.74) is 1.87. The van der Waals surface area contributed by atoms with Gasteiger partial charge in [-0.25, -0.2) is 8.42 Å². The van der Waals surface area contributed by atoms with Crippen LogP contribution >= 0.6 is 0 Å². The van der Waals surface area contributed by atoms with Crippen molar-refractivity contribution in [3.63, 3.8) is 0 Å². The monoisotopic (exact) mass is 305 g/mol. The van der Waals surface area contributed by atoms with Gasteiger partial charge >= 0.3 is 0 Å². The zero-order valence-corrected chi connectivity index (χ0v) is 13.1. The molecule has 3 rings (SSSR count). The summed E-state index contributed by atoms with van der Waals surface area (Å²) in [5.74, 6) is 1.02. The van der Waals surface area contributed by atoms with Crippen molar-refractivity contribution >= 4 is 10.0 Å². The van der Waals surface area contributed by atoms with Gasteiger partial charge in [-0.15, -0.1) is 0 Å². The lowest BCUT2D eigenvalue weighted by atomic mass is 10.1. The maximum atomic E-state index is 12.8. The van der Waals surface area contributed by atoms with E-state index in [-0.39, 0.29) is 5.92 Å². The largest absolute Gasteiger partial charge is 0.469 e. The first-order valence-corrected chi connectivity index (χ1v) is 8.53. The Bertz CT molecular complexity index is 735. The highest BCUT2D eigenvalue weighted by molar-refractivity contribution is 7.89. The van der Waals surface area contributed by atoms with Gasteiger partial charge in [0.1, 0.15) is 5.76 Å². The van der Waals surface area contributed by atoms with Gasteiger partial charge < -0.3 is 4.42 Å². The normalized spacial score (nSPS) is 20.0. The van der Waals surface area contributed by atoms with Crippen LogP contribution in [-0.4, -0.2) is 25.8 Å². The summed E-state index contributed by atoms with van der Waals surface area (Å²) in [4.78, 5) is 0.410. The molecule has 0 N–H and O–H groups in total. The van der Waals surface area contributed by atoms with Crippen molar-refractivity contribution < 1.29 is 12.8 Å². The van der Waals surface area contributed by atoms with E-state index in [9.17, 15) is 8.42 Å². The van der Waals surface area contributed by atoms with Crippen LogP contribution in [0.2, 0.25) is 0 Å². The number of hydrogen-bond acceptors (Lipinski definition) is 3. The van der Waals surface area contributed by atoms with Gasteiger partial charge in [-0.3, -0.25) is 0 Å². The lowest BCUT2D eigenvalue weighted by molar-refractivity contribution is 0.445. The Morgan fingerprint density at radius 3 is 2.71 bits per heavy atom. The second kappa shape index (κ2) is 5.31. The molecule has 1 atom stereocenters. The van der Waals surface area contributed by atoms with Gasteiger partial charge in [0.05, 0.1) is 11.2 Å². The molecule has 21 heavy (non-hydrogen) atoms. The Morgan fingerprint density at radius 2 is 2.05 bits per heavy atom. The molecule has 112 valence electrons. The van der Waals surface area contributed by atoms with E-state index >= 15 is 0 Å². The Balaban J connectivity index is 1.86. The predicted molar refractivity (Wildman–Crippen MR) is 80.7 cm³/mol. The highest BCUT2D eigenvalue weighted by Gasteiger charge is 2.34. The predicted octanol–water partition coefficient (Wildman–Crippen LogP) is 3.07. The van der Waals surface area contributed by atoms with Crippen LogP contribution in [0.4, 0.5) is 0 Å². The second-order valence-electron chi connectivity index (χ2n) is 5.63. The molecular formula is C16H19NO3S. The average Bonchev–Trinajstić information content (AvgIpc) is 3.09. The maximum absolute atomic E-state index is 12.8. The van der Waals surface area contributed by atoms with E-state index in [4.69, 9.17) is 4.42 Å². The third kappa shape index (κ3) is 2.63. The second-order valence-corrected chi connectivity index (χ2v) is 7.54. The van der Waals surface area contributed by atoms with E-state index in [0.717, 1.165) is 23.3 Å². The molecule has 0 aliphatic carbocycles. The molecule has 0 radical (unpaired) electrons. The van der Waals surface area contributed by atoms with Crippen LogP contribution in [0, 0.1) is 13.8 Å². The standard InChI is InChI=1S/C16H19NO3S/c1-12-5-6-16(13(2)10-12)21(18,19)17-8-7-14(11-17)15-4-3-9-20-15/h3-6,9-10,14H,7-8,11H2,1-2H3. The summed E-state index contributed by atoms with van der Waals surface area (Å²) < 4.78 is 32.5. The first kappa shape index (κ1) is 14.4. The van der Waals surface area contributed by atoms with Crippen LogP contribution in [0.25, 0.3) is 0 Å². The number of benzene rings is 1. The third-order valence-corrected chi connectivity index (χ3v) is 6.07. The van der Waals surface area contributed by atoms with Crippen molar-refractivity contribution in [1.82, 2.24) is 4.31 Å². The fourth-order valence-corrected chi connectivity index (χ4v) is 4.64. The number of sulfonamides is 1. The molecule has 2 aromatic rings. The van der Waals surface area contributed by atoms with E-state index in [1.807, 2.05) is 38.1 Å². The summed E-state index contributed by atoms with van der Waals surface area (Å²) in [6, 6.07) is 9.22. The van der Waals surface area contributed by atoms with Crippen molar-refractivity contribution in [3.8, 4) is 0 Å². The van der Waals surface area contributed by atoms with Crippen LogP contribution in [0.1, 0.15) is 29.2 Å². The molecule has 0 saturated carbocycles. The van der Waals surface area contributed by atoms with Crippen molar-refractivity contribution in [3.05, 3.63) is 53.5 Å². The molecular weight excluding hydrogens is 286 g/mol. The number of furan rings is 1. The number of aryl methyl sites for hydroxylation is 2. The summed E-state index contributed by atoms with van der Waals surface area (Å²) >= 11 is 0. The molecule has 1 aromatic carbocycles. The lowest BCUT2D eigenvalue weighted by Gasteiger charge is -2.18. The van der Waals surface area contributed by atoms with E-state index in [2.05, 4.69) is 0 Å². The minimum Gasteiger partial charge on any atom is -0.469 e. The van der Waals surface area contributed by atoms with E-state index in [1.165, 1.54) is 0 Å². The summed E-state index contributed by atoms with van der Waals surface area (Å²) in [6.45, 7) is 4.84. The lowest BCUT2D eigenvalue weighted by Crippen LogP contribution is -2.29. The average molecular weight is 305 g/mol. The van der Waals surface area contributed by atoms with Gasteiger partial charge in [0.25, 0.3) is 0 Å². The fraction of sp³-hybridized carbons (Fsp3) is 0.375. The van der Waals surface area contributed by atoms with Crippen LogP contribution in [0.3, 0.4) is 0 Å². The van der Waals surface area contributed by atoms with Gasteiger partial charge in [-0.1, -0.05) is 17.7 Å². The summed E-state index contributed by atoms with van der Waals surface area (Å²) in [7, 11) is -3.42. The third-order valence-electron chi connectivity index (χ3n) is 4.04. The summed E-state index contributed by atoms with van der Waals surface area (Å²) in [5, 5.41) is 0. The smallest absolute Gasteiger partial charge is 0.243 e. The molecule has 5 heteroatoms. The van der Waals surface area contributed by atoms with Crippen LogP contribution in [-0.2, 0) is 10.0 Å². The molecule has 1 aliphatic rings. The van der Waals surface area contributed by atoms with E-state index < -0.39 is 10.0 Å². The Kier molecular flexibility index (Phi) is 3.63. The van der Waals surface area contributed by atoms with Crippen molar-refractivity contribution in [2.45, 2.75) is 31.1 Å². The topological polar surface area (TPSA) is 50.5 Å². The zero-order chi connectivity index (χ0) is 15.0. The van der Waals surface area contributed by atoms with Gasteiger partial charge in [-0.05, 0) is 44.0 Å². The van der Waals surface area contributed by atoms with Gasteiger partial charge in [0, 0.05) is 19.0 Å². The Hall–Kier alpha value is -1.59. The molecule has 1 saturated heterocycles. The highest BCUT2D eigenvalue weighted by Crippen LogP contribution is 2.32. The minimum atomic E-state index is -3.42. The van der Waals surface area contributed by atoms with Crippen molar-refractivity contribution in [1.29, 1.82) is 0 Å². The molecule has 4 nitrogen and oxygen atoms in total. The minimum absolute atomic E-state index is 0.153. The first-order chi connectivity index (χ1) is 9.98. The van der Waals surface area contributed by atoms with Crippen LogP contribution < -0.4 is 0 Å². The van der Waals surface area contributed by atoms with Crippen LogP contribution in [0.15, 0.2) is 45.9 Å².